The van der Waals surface area contributed by atoms with Gasteiger partial charge in [0.2, 0.25) is 5.91 Å². The predicted molar refractivity (Wildman–Crippen MR) is 90.5 cm³/mol. The van der Waals surface area contributed by atoms with Crippen LogP contribution < -0.4 is 4.90 Å². The highest BCUT2D eigenvalue weighted by Crippen LogP contribution is 2.29. The number of aromatic nitrogens is 2. The van der Waals surface area contributed by atoms with Crippen LogP contribution in [-0.4, -0.2) is 66.3 Å². The van der Waals surface area contributed by atoms with Gasteiger partial charge in [-0.05, 0) is 26.7 Å². The molecule has 0 aliphatic carbocycles. The Morgan fingerprint density at radius 1 is 1.36 bits per heavy atom. The van der Waals surface area contributed by atoms with Gasteiger partial charge in [0.25, 0.3) is 0 Å². The van der Waals surface area contributed by atoms with Crippen LogP contribution in [0, 0.1) is 6.92 Å². The fraction of sp³-hybridized carbons (Fsp3) is 0.647. The molecule has 1 aromatic rings. The first kappa shape index (κ1) is 17.6. The monoisotopic (exact) mass is 348 g/mol. The van der Waals surface area contributed by atoms with Gasteiger partial charge in [0.05, 0.1) is 6.54 Å². The second kappa shape index (κ2) is 7.35. The first-order chi connectivity index (χ1) is 12.0. The predicted octanol–water partition coefficient (Wildman–Crippen LogP) is 1.48. The van der Waals surface area contributed by atoms with Gasteiger partial charge in [-0.25, -0.2) is 14.8 Å². The molecule has 8 nitrogen and oxygen atoms in total. The quantitative estimate of drug-likeness (QED) is 0.819. The number of aryl methyl sites for hydroxylation is 1. The van der Waals surface area contributed by atoms with E-state index in [1.165, 1.54) is 7.11 Å². The Hall–Kier alpha value is -2.22. The Kier molecular flexibility index (Phi) is 5.17. The summed E-state index contributed by atoms with van der Waals surface area (Å²) in [7, 11) is 1.53. The molecular weight excluding hydrogens is 324 g/mol. The van der Waals surface area contributed by atoms with Gasteiger partial charge in [0.1, 0.15) is 24.4 Å². The van der Waals surface area contributed by atoms with Gasteiger partial charge in [-0.2, -0.15) is 0 Å². The molecule has 8 heteroatoms. The van der Waals surface area contributed by atoms with Crippen molar-refractivity contribution in [3.63, 3.8) is 0 Å². The minimum Gasteiger partial charge on any atom is -0.444 e. The van der Waals surface area contributed by atoms with Crippen molar-refractivity contribution in [3.05, 3.63) is 17.6 Å². The van der Waals surface area contributed by atoms with E-state index in [0.29, 0.717) is 31.3 Å². The molecule has 1 aromatic heterocycles. The van der Waals surface area contributed by atoms with Gasteiger partial charge in [-0.1, -0.05) is 0 Å². The number of hydrogen-bond acceptors (Lipinski definition) is 6. The summed E-state index contributed by atoms with van der Waals surface area (Å²) in [6, 6.07) is 1.88. The molecule has 0 unspecified atom stereocenters. The average molecular weight is 348 g/mol. The number of likely N-dealkylation sites (tertiary alicyclic amines) is 1. The van der Waals surface area contributed by atoms with Crippen LogP contribution in [0.2, 0.25) is 0 Å². The van der Waals surface area contributed by atoms with E-state index in [2.05, 4.69) is 9.97 Å². The lowest BCUT2D eigenvalue weighted by molar-refractivity contribution is -0.136. The molecule has 1 atom stereocenters. The largest absolute Gasteiger partial charge is 0.444 e. The smallest absolute Gasteiger partial charge is 0.415 e. The normalized spacial score (nSPS) is 21.6. The highest BCUT2D eigenvalue weighted by atomic mass is 16.6. The standard InChI is InChI=1S/C17H24N4O4/c1-11-9-21(17(23)25-11)15-8-14(18-12(2)19-15)13-4-6-20(7-5-13)16(22)10-24-3/h8,11,13H,4-7,9-10H2,1-3H3/t11-/m0/s1. The van der Waals surface area contributed by atoms with Crippen molar-refractivity contribution < 1.29 is 19.1 Å². The summed E-state index contributed by atoms with van der Waals surface area (Å²) in [4.78, 5) is 36.2. The zero-order chi connectivity index (χ0) is 18.0. The van der Waals surface area contributed by atoms with E-state index in [9.17, 15) is 9.59 Å². The lowest BCUT2D eigenvalue weighted by Crippen LogP contribution is -2.40. The van der Waals surface area contributed by atoms with Crippen LogP contribution in [0.15, 0.2) is 6.07 Å². The van der Waals surface area contributed by atoms with Gasteiger partial charge in [0, 0.05) is 37.9 Å². The maximum Gasteiger partial charge on any atom is 0.415 e. The van der Waals surface area contributed by atoms with Crippen molar-refractivity contribution >= 4 is 17.8 Å². The molecule has 0 spiro atoms. The van der Waals surface area contributed by atoms with Crippen LogP contribution in [0.25, 0.3) is 0 Å². The number of cyclic esters (lactones) is 1. The van der Waals surface area contributed by atoms with Gasteiger partial charge < -0.3 is 14.4 Å². The number of ether oxygens (including phenoxy) is 2. The third-order valence-electron chi connectivity index (χ3n) is 4.62. The molecule has 2 amide bonds. The molecule has 0 bridgehead atoms. The van der Waals surface area contributed by atoms with Crippen LogP contribution in [0.5, 0.6) is 0 Å². The van der Waals surface area contributed by atoms with Crippen molar-refractivity contribution in [2.45, 2.75) is 38.7 Å². The van der Waals surface area contributed by atoms with E-state index < -0.39 is 0 Å². The first-order valence-corrected chi connectivity index (χ1v) is 8.58. The number of nitrogens with zero attached hydrogens (tertiary/aromatic N) is 4. The minimum atomic E-state index is -0.364. The lowest BCUT2D eigenvalue weighted by atomic mass is 9.93. The Balaban J connectivity index is 1.71. The van der Waals surface area contributed by atoms with Gasteiger partial charge in [-0.3, -0.25) is 9.69 Å². The molecule has 25 heavy (non-hydrogen) atoms. The zero-order valence-corrected chi connectivity index (χ0v) is 14.9. The summed E-state index contributed by atoms with van der Waals surface area (Å²) in [5.74, 6) is 1.50. The van der Waals surface area contributed by atoms with E-state index in [1.54, 1.807) is 4.90 Å². The fourth-order valence-electron chi connectivity index (χ4n) is 3.35. The highest BCUT2D eigenvalue weighted by Gasteiger charge is 2.32. The topological polar surface area (TPSA) is 84.9 Å². The maximum atomic E-state index is 12.0. The third kappa shape index (κ3) is 3.89. The molecule has 0 saturated carbocycles. The van der Waals surface area contributed by atoms with Crippen LogP contribution in [0.4, 0.5) is 10.6 Å². The molecular formula is C17H24N4O4. The summed E-state index contributed by atoms with van der Waals surface area (Å²) < 4.78 is 10.1. The van der Waals surface area contributed by atoms with E-state index in [4.69, 9.17) is 9.47 Å². The Bertz CT molecular complexity index is 658. The lowest BCUT2D eigenvalue weighted by Gasteiger charge is -2.32. The van der Waals surface area contributed by atoms with E-state index >= 15 is 0 Å². The van der Waals surface area contributed by atoms with Crippen molar-refractivity contribution in [1.82, 2.24) is 14.9 Å². The van der Waals surface area contributed by atoms with Crippen molar-refractivity contribution in [2.75, 3.05) is 38.3 Å². The van der Waals surface area contributed by atoms with Gasteiger partial charge in [0.15, 0.2) is 0 Å². The number of methoxy groups -OCH3 is 1. The molecule has 2 aliphatic heterocycles. The van der Waals surface area contributed by atoms with E-state index in [0.717, 1.165) is 18.5 Å². The average Bonchev–Trinajstić information content (AvgIpc) is 2.93. The molecule has 2 aliphatic rings. The maximum absolute atomic E-state index is 12.0. The Morgan fingerprint density at radius 2 is 2.08 bits per heavy atom. The zero-order valence-electron chi connectivity index (χ0n) is 14.9. The summed E-state index contributed by atoms with van der Waals surface area (Å²) in [6.45, 7) is 5.69. The number of hydrogen-bond donors (Lipinski definition) is 0. The van der Waals surface area contributed by atoms with E-state index in [-0.39, 0.29) is 30.6 Å². The highest BCUT2D eigenvalue weighted by molar-refractivity contribution is 5.88. The summed E-state index contributed by atoms with van der Waals surface area (Å²) in [6.07, 6.45) is 1.18. The minimum absolute atomic E-state index is 0.0225. The Morgan fingerprint density at radius 3 is 2.68 bits per heavy atom. The molecule has 3 heterocycles. The van der Waals surface area contributed by atoms with Crippen molar-refractivity contribution in [1.29, 1.82) is 0 Å². The molecule has 2 fully saturated rings. The van der Waals surface area contributed by atoms with Crippen LogP contribution in [-0.2, 0) is 14.3 Å². The number of amides is 2. The van der Waals surface area contributed by atoms with Gasteiger partial charge in [-0.15, -0.1) is 0 Å². The molecule has 0 radical (unpaired) electrons. The Labute approximate surface area is 147 Å². The number of anilines is 1. The fourth-order valence-corrected chi connectivity index (χ4v) is 3.35. The summed E-state index contributed by atoms with van der Waals surface area (Å²) in [5.41, 5.74) is 0.925. The third-order valence-corrected chi connectivity index (χ3v) is 4.62. The molecule has 3 rings (SSSR count). The summed E-state index contributed by atoms with van der Waals surface area (Å²) in [5, 5.41) is 0. The van der Waals surface area contributed by atoms with Crippen LogP contribution in [0.1, 0.15) is 37.2 Å². The number of carbonyl (C=O) groups excluding carboxylic acids is 2. The molecule has 2 saturated heterocycles. The SMILES string of the molecule is COCC(=O)N1CCC(c2cc(N3C[C@H](C)OC3=O)nc(C)n2)CC1. The van der Waals surface area contributed by atoms with Crippen LogP contribution >= 0.6 is 0 Å². The molecule has 0 N–H and O–H groups in total. The van der Waals surface area contributed by atoms with E-state index in [1.807, 2.05) is 24.8 Å². The summed E-state index contributed by atoms with van der Waals surface area (Å²) >= 11 is 0. The first-order valence-electron chi connectivity index (χ1n) is 8.58. The second-order valence-electron chi connectivity index (χ2n) is 6.59. The number of carbonyl (C=O) groups is 2. The second-order valence-corrected chi connectivity index (χ2v) is 6.59. The number of piperidine rings is 1. The number of rotatable bonds is 4. The molecule has 136 valence electrons. The van der Waals surface area contributed by atoms with Crippen molar-refractivity contribution in [2.24, 2.45) is 0 Å². The van der Waals surface area contributed by atoms with Crippen molar-refractivity contribution in [3.8, 4) is 0 Å². The van der Waals surface area contributed by atoms with Crippen LogP contribution in [0.3, 0.4) is 0 Å². The van der Waals surface area contributed by atoms with Gasteiger partial charge >= 0.3 is 6.09 Å². The molecule has 0 aromatic carbocycles.